The van der Waals surface area contributed by atoms with Crippen molar-refractivity contribution in [1.82, 2.24) is 18.9 Å². The first-order valence-electron chi connectivity index (χ1n) is 15.7. The second-order valence-corrected chi connectivity index (χ2v) is 12.5. The van der Waals surface area contributed by atoms with E-state index >= 15 is 0 Å². The molecule has 4 aromatic heterocycles. The third-order valence-electron chi connectivity index (χ3n) is 9.54. The Bertz CT molecular complexity index is 2740. The first-order valence-corrected chi connectivity index (χ1v) is 15.7. The van der Waals surface area contributed by atoms with Gasteiger partial charge in [0.15, 0.2) is 0 Å². The van der Waals surface area contributed by atoms with Crippen LogP contribution in [0.3, 0.4) is 0 Å². The second kappa shape index (κ2) is 10.5. The minimum atomic E-state index is -0.223. The van der Waals surface area contributed by atoms with Crippen molar-refractivity contribution in [2.24, 2.45) is 0 Å². The van der Waals surface area contributed by atoms with Gasteiger partial charge in [-0.25, -0.2) is 4.98 Å². The summed E-state index contributed by atoms with van der Waals surface area (Å²) in [5.41, 5.74) is 6.70. The van der Waals surface area contributed by atoms with E-state index < -0.39 is 0 Å². The fourth-order valence-electron chi connectivity index (χ4n) is 7.35. The van der Waals surface area contributed by atoms with E-state index in [0.717, 1.165) is 72.0 Å². The summed E-state index contributed by atoms with van der Waals surface area (Å²) in [6.07, 6.45) is 5.63. The van der Waals surface area contributed by atoms with Gasteiger partial charge in [0.05, 0.1) is 16.6 Å². The molecule has 0 saturated heterocycles. The number of hydrogen-bond donors (Lipinski definition) is 0. The van der Waals surface area contributed by atoms with Gasteiger partial charge >= 0.3 is 20.4 Å². The van der Waals surface area contributed by atoms with Crippen molar-refractivity contribution in [1.29, 1.82) is 0 Å². The Morgan fingerprint density at radius 3 is 2.42 bits per heavy atom. The molecule has 6 nitrogen and oxygen atoms in total. The fraction of sp³-hybridized carbons (Fsp3) is 0.0732. The predicted octanol–water partition coefficient (Wildman–Crippen LogP) is 9.95. The summed E-state index contributed by atoms with van der Waals surface area (Å²) >= 11 is 0. The van der Waals surface area contributed by atoms with Crippen LogP contribution in [0.4, 0.5) is 0 Å². The molecular formula is C41H26N4O2Pd. The molecule has 0 aliphatic carbocycles. The first kappa shape index (κ1) is 28.7. The zero-order valence-electron chi connectivity index (χ0n) is 26.0. The number of hydrogen-bond acceptors (Lipinski definition) is 4. The summed E-state index contributed by atoms with van der Waals surface area (Å²) < 4.78 is 17.4. The number of imidazole rings is 1. The molecule has 9 aromatic rings. The Kier molecular flexibility index (Phi) is 6.29. The van der Waals surface area contributed by atoms with Gasteiger partial charge in [0.25, 0.3) is 0 Å². The molecule has 0 N–H and O–H groups in total. The average Bonchev–Trinajstić information content (AvgIpc) is 3.73. The zero-order chi connectivity index (χ0) is 31.3. The van der Waals surface area contributed by atoms with E-state index in [0.29, 0.717) is 11.5 Å². The molecular weight excluding hydrogens is 687 g/mol. The molecule has 5 aromatic carbocycles. The van der Waals surface area contributed by atoms with Crippen LogP contribution in [-0.4, -0.2) is 18.9 Å². The van der Waals surface area contributed by atoms with Gasteiger partial charge in [-0.15, -0.1) is 30.3 Å². The summed E-state index contributed by atoms with van der Waals surface area (Å²) in [7, 11) is 0. The van der Waals surface area contributed by atoms with Crippen molar-refractivity contribution in [3.63, 3.8) is 0 Å². The van der Waals surface area contributed by atoms with Crippen LogP contribution in [0.1, 0.15) is 25.0 Å². The quantitative estimate of drug-likeness (QED) is 0.104. The molecule has 1 aliphatic heterocycles. The molecule has 5 heterocycles. The van der Waals surface area contributed by atoms with E-state index in [4.69, 9.17) is 14.5 Å². The standard InChI is InChI=1S/C41H26N4O2.Pd/c1-41(2)32-13-4-6-15-36(32)47-38-33(41)18-19-35-37(38)30-12-8-20-42-40(30)45(35)25-9-7-10-26(23-25)46-27-16-17-28-29-11-3-5-14-34(29)44-22-21-43-39(44)31(28)24-27;/h3-22H,1-2H3;/q-2;+2. The van der Waals surface area contributed by atoms with Gasteiger partial charge in [-0.2, -0.15) is 6.07 Å². The van der Waals surface area contributed by atoms with Crippen LogP contribution in [-0.2, 0) is 25.8 Å². The molecule has 0 radical (unpaired) electrons. The van der Waals surface area contributed by atoms with E-state index in [1.165, 1.54) is 5.56 Å². The SMILES string of the molecule is CC1(C)c2ccccc2Oc2c1ccc1c2c2cccnc2n1-c1[c-]c(Oc2[c-]c3c(cc2)c2ccccc2n2ccnc32)ccc1.[Pd+2]. The van der Waals surface area contributed by atoms with Crippen molar-refractivity contribution in [3.05, 3.63) is 145 Å². The number of benzene rings is 5. The topological polar surface area (TPSA) is 53.6 Å². The third-order valence-corrected chi connectivity index (χ3v) is 9.54. The molecule has 10 rings (SSSR count). The molecule has 0 unspecified atom stereocenters. The Morgan fingerprint density at radius 1 is 0.667 bits per heavy atom. The number of ether oxygens (including phenoxy) is 2. The minimum Gasteiger partial charge on any atom is -0.503 e. The monoisotopic (exact) mass is 712 g/mol. The number of nitrogens with zero attached hydrogens (tertiary/aromatic N) is 4. The van der Waals surface area contributed by atoms with Crippen LogP contribution < -0.4 is 9.47 Å². The zero-order valence-corrected chi connectivity index (χ0v) is 27.5. The maximum atomic E-state index is 6.69. The molecule has 0 bridgehead atoms. The maximum Gasteiger partial charge on any atom is 2.00 e. The molecule has 1 aliphatic rings. The minimum absolute atomic E-state index is 0. The van der Waals surface area contributed by atoms with E-state index in [1.54, 1.807) is 0 Å². The molecule has 0 amide bonds. The predicted molar refractivity (Wildman–Crippen MR) is 185 cm³/mol. The molecule has 7 heteroatoms. The smallest absolute Gasteiger partial charge is 0.503 e. The van der Waals surface area contributed by atoms with E-state index in [1.807, 2.05) is 61.1 Å². The van der Waals surface area contributed by atoms with Gasteiger partial charge in [0.1, 0.15) is 17.1 Å². The number of rotatable bonds is 3. The van der Waals surface area contributed by atoms with Crippen molar-refractivity contribution in [3.8, 4) is 28.7 Å². The molecule has 0 saturated carbocycles. The van der Waals surface area contributed by atoms with Crippen molar-refractivity contribution in [2.45, 2.75) is 19.3 Å². The largest absolute Gasteiger partial charge is 2.00 e. The Labute approximate surface area is 289 Å². The van der Waals surface area contributed by atoms with E-state index in [2.05, 4.69) is 101 Å². The Balaban J connectivity index is 0.00000314. The van der Waals surface area contributed by atoms with Crippen LogP contribution >= 0.6 is 0 Å². The molecule has 0 fully saturated rings. The van der Waals surface area contributed by atoms with Gasteiger partial charge < -0.3 is 18.4 Å². The van der Waals surface area contributed by atoms with Crippen LogP contribution in [0.25, 0.3) is 54.9 Å². The van der Waals surface area contributed by atoms with Crippen molar-refractivity contribution in [2.75, 3.05) is 0 Å². The molecule has 232 valence electrons. The normalized spacial score (nSPS) is 13.4. The third kappa shape index (κ3) is 4.02. The first-order chi connectivity index (χ1) is 23.1. The molecule has 0 spiro atoms. The number of aromatic nitrogens is 4. The summed E-state index contributed by atoms with van der Waals surface area (Å²) in [6.45, 7) is 4.52. The fourth-order valence-corrected chi connectivity index (χ4v) is 7.35. The number of fused-ring (bicyclic) bond motifs is 12. The summed E-state index contributed by atoms with van der Waals surface area (Å²) in [6, 6.07) is 42.1. The van der Waals surface area contributed by atoms with Crippen LogP contribution in [0.2, 0.25) is 0 Å². The van der Waals surface area contributed by atoms with Gasteiger partial charge in [0, 0.05) is 57.5 Å². The van der Waals surface area contributed by atoms with Gasteiger partial charge in [-0.3, -0.25) is 4.98 Å². The second-order valence-electron chi connectivity index (χ2n) is 12.5. The van der Waals surface area contributed by atoms with Gasteiger partial charge in [-0.1, -0.05) is 78.8 Å². The van der Waals surface area contributed by atoms with Crippen LogP contribution in [0, 0.1) is 12.1 Å². The van der Waals surface area contributed by atoms with Gasteiger partial charge in [-0.05, 0) is 35.7 Å². The maximum absolute atomic E-state index is 6.69. The average molecular weight is 713 g/mol. The summed E-state index contributed by atoms with van der Waals surface area (Å²) in [4.78, 5) is 9.50. The summed E-state index contributed by atoms with van der Waals surface area (Å²) in [5.74, 6) is 2.93. The van der Waals surface area contributed by atoms with Crippen LogP contribution in [0.5, 0.6) is 23.0 Å². The number of pyridine rings is 2. The summed E-state index contributed by atoms with van der Waals surface area (Å²) in [5, 5.41) is 5.18. The van der Waals surface area contributed by atoms with Crippen molar-refractivity contribution < 1.29 is 29.9 Å². The number of para-hydroxylation sites is 2. The molecule has 0 atom stereocenters. The van der Waals surface area contributed by atoms with E-state index in [9.17, 15) is 0 Å². The van der Waals surface area contributed by atoms with Crippen LogP contribution in [0.15, 0.2) is 122 Å². The Morgan fingerprint density at radius 2 is 1.48 bits per heavy atom. The Hall–Kier alpha value is -5.48. The van der Waals surface area contributed by atoms with E-state index in [-0.39, 0.29) is 25.8 Å². The van der Waals surface area contributed by atoms with Gasteiger partial charge in [0.2, 0.25) is 0 Å². The molecule has 48 heavy (non-hydrogen) atoms. The van der Waals surface area contributed by atoms with Crippen molar-refractivity contribution >= 4 is 49.3 Å².